The van der Waals surface area contributed by atoms with E-state index in [9.17, 15) is 0 Å². The lowest BCUT2D eigenvalue weighted by atomic mass is 10.0. The first-order chi connectivity index (χ1) is 6.56. The highest BCUT2D eigenvalue weighted by Gasteiger charge is 1.95. The molecule has 0 atom stereocenters. The van der Waals surface area contributed by atoms with Gasteiger partial charge in [0.05, 0.1) is 0 Å². The van der Waals surface area contributed by atoms with Crippen molar-refractivity contribution in [2.24, 2.45) is 11.8 Å². The molecule has 0 fully saturated rings. The average Bonchev–Trinajstić information content (AvgIpc) is 2.13. The zero-order valence-corrected chi connectivity index (χ0v) is 11.4. The molecule has 0 radical (unpaired) electrons. The molecule has 0 heteroatoms. The van der Waals surface area contributed by atoms with Gasteiger partial charge in [-0.1, -0.05) is 80.1 Å². The molecule has 0 heterocycles. The van der Waals surface area contributed by atoms with Gasteiger partial charge in [0.1, 0.15) is 0 Å². The van der Waals surface area contributed by atoms with Gasteiger partial charge in [-0.3, -0.25) is 0 Å². The highest BCUT2D eigenvalue weighted by Crippen LogP contribution is 2.05. The lowest BCUT2D eigenvalue weighted by molar-refractivity contribution is 0.457. The Hall–Kier alpha value is 0. The summed E-state index contributed by atoms with van der Waals surface area (Å²) in [5, 5.41) is 0. The summed E-state index contributed by atoms with van der Waals surface area (Å²) < 4.78 is 0. The summed E-state index contributed by atoms with van der Waals surface area (Å²) in [5.74, 6) is 1.70. The maximum atomic E-state index is 2.26. The normalized spacial score (nSPS) is 10.3. The molecule has 0 bridgehead atoms. The number of hydrogen-bond acceptors (Lipinski definition) is 0. The largest absolute Gasteiger partial charge is 0.0654 e. The zero-order chi connectivity index (χ0) is 11.4. The van der Waals surface area contributed by atoms with Crippen LogP contribution < -0.4 is 0 Å². The molecule has 0 aliphatic rings. The third-order valence-electron chi connectivity index (χ3n) is 2.79. The minimum absolute atomic E-state index is 0.852. The maximum Gasteiger partial charge on any atom is -0.0448 e. The van der Waals surface area contributed by atoms with E-state index in [-0.39, 0.29) is 0 Å². The van der Waals surface area contributed by atoms with E-state index in [0.29, 0.717) is 0 Å². The van der Waals surface area contributed by atoms with Crippen molar-refractivity contribution in [3.8, 4) is 0 Å². The molecule has 0 aromatic rings. The van der Waals surface area contributed by atoms with Crippen molar-refractivity contribution < 1.29 is 0 Å². The molecular formula is C14H32. The summed E-state index contributed by atoms with van der Waals surface area (Å²) in [6.45, 7) is 13.5. The standard InChI is InChI=1S/C8H18.C6H14/c1-3-5-7-8-6-4-2;1-5(2)6(3)4/h3-8H2,1-2H3;5-6H,1-4H3. The van der Waals surface area contributed by atoms with Crippen LogP contribution in [0.1, 0.15) is 80.1 Å². The minimum atomic E-state index is 0.852. The average molecular weight is 200 g/mol. The molecule has 0 N–H and O–H groups in total. The van der Waals surface area contributed by atoms with E-state index >= 15 is 0 Å². The summed E-state index contributed by atoms with van der Waals surface area (Å²) in [6.07, 6.45) is 8.49. The molecule has 0 aromatic heterocycles. The van der Waals surface area contributed by atoms with Crippen LogP contribution in [0.15, 0.2) is 0 Å². The molecule has 0 saturated heterocycles. The Bertz CT molecular complexity index is 70.0. The monoisotopic (exact) mass is 200 g/mol. The van der Waals surface area contributed by atoms with Crippen molar-refractivity contribution in [1.29, 1.82) is 0 Å². The van der Waals surface area contributed by atoms with Crippen LogP contribution in [0.2, 0.25) is 0 Å². The second-order valence-corrected chi connectivity index (χ2v) is 4.90. The van der Waals surface area contributed by atoms with Crippen LogP contribution in [0.3, 0.4) is 0 Å². The van der Waals surface area contributed by atoms with E-state index in [2.05, 4.69) is 41.5 Å². The molecule has 0 aromatic carbocycles. The van der Waals surface area contributed by atoms with Gasteiger partial charge in [0.25, 0.3) is 0 Å². The Balaban J connectivity index is 0. The van der Waals surface area contributed by atoms with E-state index in [4.69, 9.17) is 0 Å². The molecule has 0 amide bonds. The Labute approximate surface area is 92.5 Å². The Kier molecular flexibility index (Phi) is 15.3. The minimum Gasteiger partial charge on any atom is -0.0654 e. The predicted octanol–water partition coefficient (Wildman–Crippen LogP) is 5.67. The van der Waals surface area contributed by atoms with Gasteiger partial charge in [0.15, 0.2) is 0 Å². The Morgan fingerprint density at radius 2 is 0.857 bits per heavy atom. The van der Waals surface area contributed by atoms with E-state index in [0.717, 1.165) is 11.8 Å². The molecule has 88 valence electrons. The summed E-state index contributed by atoms with van der Waals surface area (Å²) >= 11 is 0. The van der Waals surface area contributed by atoms with Crippen molar-refractivity contribution in [3.63, 3.8) is 0 Å². The van der Waals surface area contributed by atoms with Crippen molar-refractivity contribution >= 4 is 0 Å². The quantitative estimate of drug-likeness (QED) is 0.485. The van der Waals surface area contributed by atoms with Gasteiger partial charge < -0.3 is 0 Å². The molecule has 0 aliphatic heterocycles. The third kappa shape index (κ3) is 17.9. The van der Waals surface area contributed by atoms with Gasteiger partial charge in [-0.2, -0.15) is 0 Å². The highest BCUT2D eigenvalue weighted by molar-refractivity contribution is 4.46. The van der Waals surface area contributed by atoms with Crippen LogP contribution in [-0.2, 0) is 0 Å². The van der Waals surface area contributed by atoms with Gasteiger partial charge in [-0.05, 0) is 11.8 Å². The molecular weight excluding hydrogens is 168 g/mol. The number of hydrogen-bond donors (Lipinski definition) is 0. The Morgan fingerprint density at radius 1 is 0.571 bits per heavy atom. The van der Waals surface area contributed by atoms with E-state index < -0.39 is 0 Å². The number of unbranched alkanes of at least 4 members (excludes halogenated alkanes) is 5. The predicted molar refractivity (Wildman–Crippen MR) is 68.7 cm³/mol. The first-order valence-electron chi connectivity index (χ1n) is 6.56. The van der Waals surface area contributed by atoms with Crippen LogP contribution in [0.25, 0.3) is 0 Å². The van der Waals surface area contributed by atoms with Gasteiger partial charge >= 0.3 is 0 Å². The topological polar surface area (TPSA) is 0 Å². The fourth-order valence-electron chi connectivity index (χ4n) is 0.854. The van der Waals surface area contributed by atoms with Gasteiger partial charge in [-0.15, -0.1) is 0 Å². The van der Waals surface area contributed by atoms with Crippen molar-refractivity contribution in [3.05, 3.63) is 0 Å². The van der Waals surface area contributed by atoms with Crippen molar-refractivity contribution in [1.82, 2.24) is 0 Å². The molecule has 0 aliphatic carbocycles. The second-order valence-electron chi connectivity index (χ2n) is 4.90. The number of rotatable bonds is 6. The van der Waals surface area contributed by atoms with Crippen LogP contribution in [0.4, 0.5) is 0 Å². The molecule has 14 heavy (non-hydrogen) atoms. The van der Waals surface area contributed by atoms with Gasteiger partial charge in [-0.25, -0.2) is 0 Å². The van der Waals surface area contributed by atoms with Gasteiger partial charge in [0, 0.05) is 0 Å². The Morgan fingerprint density at radius 3 is 1.00 bits per heavy atom. The lowest BCUT2D eigenvalue weighted by Gasteiger charge is -2.05. The lowest BCUT2D eigenvalue weighted by Crippen LogP contribution is -1.95. The molecule has 0 spiro atoms. The first kappa shape index (κ1) is 16.4. The summed E-state index contributed by atoms with van der Waals surface area (Å²) in [4.78, 5) is 0. The molecule has 0 rings (SSSR count). The van der Waals surface area contributed by atoms with Crippen LogP contribution in [0, 0.1) is 11.8 Å². The van der Waals surface area contributed by atoms with Gasteiger partial charge in [0.2, 0.25) is 0 Å². The zero-order valence-electron chi connectivity index (χ0n) is 11.4. The smallest absolute Gasteiger partial charge is 0.0448 e. The first-order valence-corrected chi connectivity index (χ1v) is 6.56. The van der Waals surface area contributed by atoms with Crippen LogP contribution in [0.5, 0.6) is 0 Å². The van der Waals surface area contributed by atoms with Crippen molar-refractivity contribution in [2.45, 2.75) is 80.1 Å². The summed E-state index contributed by atoms with van der Waals surface area (Å²) in [6, 6.07) is 0. The van der Waals surface area contributed by atoms with E-state index in [1.54, 1.807) is 0 Å². The van der Waals surface area contributed by atoms with Crippen LogP contribution >= 0.6 is 0 Å². The SMILES string of the molecule is CC(C)C(C)C.CCCCCCCC. The highest BCUT2D eigenvalue weighted by atomic mass is 14.0. The fraction of sp³-hybridized carbons (Fsp3) is 1.00. The van der Waals surface area contributed by atoms with E-state index in [1.807, 2.05) is 0 Å². The summed E-state index contributed by atoms with van der Waals surface area (Å²) in [5.41, 5.74) is 0. The summed E-state index contributed by atoms with van der Waals surface area (Å²) in [7, 11) is 0. The fourth-order valence-corrected chi connectivity index (χ4v) is 0.854. The van der Waals surface area contributed by atoms with E-state index in [1.165, 1.54) is 38.5 Å². The molecule has 0 saturated carbocycles. The molecule has 0 unspecified atom stereocenters. The van der Waals surface area contributed by atoms with Crippen molar-refractivity contribution in [2.75, 3.05) is 0 Å². The van der Waals surface area contributed by atoms with Crippen LogP contribution in [-0.4, -0.2) is 0 Å². The maximum absolute atomic E-state index is 2.26. The third-order valence-corrected chi connectivity index (χ3v) is 2.79. The second kappa shape index (κ2) is 13.0. The molecule has 0 nitrogen and oxygen atoms in total.